The van der Waals surface area contributed by atoms with Gasteiger partial charge < -0.3 is 9.80 Å². The average molecular weight is 341 g/mol. The smallest absolute Gasteiger partial charge is 0.324 e. The molecule has 2 aliphatic rings. The lowest BCUT2D eigenvalue weighted by atomic mass is 10.1. The minimum Gasteiger partial charge on any atom is -0.324 e. The van der Waals surface area contributed by atoms with Gasteiger partial charge in [0, 0.05) is 38.3 Å². The summed E-state index contributed by atoms with van der Waals surface area (Å²) in [6.45, 7) is 2.19. The Labute approximate surface area is 145 Å². The number of piperidine rings is 1. The first-order valence-electron chi connectivity index (χ1n) is 8.48. The zero-order chi connectivity index (χ0) is 17.1. The Kier molecular flexibility index (Phi) is 4.32. The number of hydrogen-bond donors (Lipinski definition) is 0. The Bertz CT molecular complexity index is 763. The molecule has 4 rings (SSSR count). The topological polar surface area (TPSA) is 80.7 Å². The fraction of sp³-hybridized carbons (Fsp3) is 0.412. The van der Waals surface area contributed by atoms with Crippen LogP contribution in [0.2, 0.25) is 0 Å². The van der Waals surface area contributed by atoms with Gasteiger partial charge in [-0.1, -0.05) is 0 Å². The first-order chi connectivity index (χ1) is 12.3. The molecular formula is C17H19N5O3. The van der Waals surface area contributed by atoms with E-state index in [2.05, 4.69) is 15.0 Å². The van der Waals surface area contributed by atoms with E-state index >= 15 is 0 Å². The maximum absolute atomic E-state index is 12.0. The number of carbonyl (C=O) groups excluding carboxylic acids is 1. The highest BCUT2D eigenvalue weighted by Gasteiger charge is 2.23. The highest BCUT2D eigenvalue weighted by Crippen LogP contribution is 2.32. The number of amides is 1. The second-order valence-electron chi connectivity index (χ2n) is 6.07. The van der Waals surface area contributed by atoms with Crippen LogP contribution >= 0.6 is 0 Å². The number of anilines is 2. The van der Waals surface area contributed by atoms with Crippen molar-refractivity contribution in [2.75, 3.05) is 24.5 Å². The van der Waals surface area contributed by atoms with Crippen LogP contribution in [0.25, 0.3) is 0 Å². The minimum absolute atomic E-state index is 0.202. The van der Waals surface area contributed by atoms with E-state index in [4.69, 9.17) is 9.78 Å². The van der Waals surface area contributed by atoms with Crippen LogP contribution in [0.15, 0.2) is 30.7 Å². The Morgan fingerprint density at radius 1 is 1.08 bits per heavy atom. The molecule has 1 fully saturated rings. The fourth-order valence-corrected chi connectivity index (χ4v) is 3.17. The fourth-order valence-electron chi connectivity index (χ4n) is 3.17. The third-order valence-electron chi connectivity index (χ3n) is 4.45. The van der Waals surface area contributed by atoms with Crippen LogP contribution in [0.5, 0.6) is 5.88 Å². The van der Waals surface area contributed by atoms with Gasteiger partial charge in [0.15, 0.2) is 0 Å². The number of aromatic nitrogens is 3. The van der Waals surface area contributed by atoms with Gasteiger partial charge in [0.2, 0.25) is 0 Å². The maximum Gasteiger partial charge on any atom is 0.452 e. The normalized spacial score (nSPS) is 16.5. The van der Waals surface area contributed by atoms with Gasteiger partial charge in [0.1, 0.15) is 12.1 Å². The zero-order valence-corrected chi connectivity index (χ0v) is 13.8. The third-order valence-corrected chi connectivity index (χ3v) is 4.45. The molecule has 0 spiro atoms. The molecule has 8 nitrogen and oxygen atoms in total. The summed E-state index contributed by atoms with van der Waals surface area (Å²) in [6.07, 6.45) is 6.71. The summed E-state index contributed by atoms with van der Waals surface area (Å²) in [7, 11) is 0. The lowest BCUT2D eigenvalue weighted by Crippen LogP contribution is -2.36. The van der Waals surface area contributed by atoms with Crippen LogP contribution in [-0.4, -0.2) is 45.6 Å². The van der Waals surface area contributed by atoms with Crippen LogP contribution in [0.1, 0.15) is 25.0 Å². The van der Waals surface area contributed by atoms with Crippen LogP contribution in [-0.2, 0) is 11.3 Å². The molecule has 0 saturated carbocycles. The predicted octanol–water partition coefficient (Wildman–Crippen LogP) is 2.48. The second kappa shape index (κ2) is 6.92. The van der Waals surface area contributed by atoms with Gasteiger partial charge in [-0.3, -0.25) is 9.87 Å². The molecule has 0 unspecified atom stereocenters. The standard InChI is InChI=1S/C17H19N5O3/c23-17(21-8-2-1-3-9-21)25-24-16-11-15(19-12-20-16)22-10-6-13-14(22)5-4-7-18-13/h4-5,7,11-12H,1-3,6,8-10H2. The van der Waals surface area contributed by atoms with E-state index in [0.29, 0.717) is 18.9 Å². The van der Waals surface area contributed by atoms with Crippen molar-refractivity contribution in [1.29, 1.82) is 0 Å². The molecule has 0 N–H and O–H groups in total. The number of fused-ring (bicyclic) bond motifs is 1. The summed E-state index contributed by atoms with van der Waals surface area (Å²) >= 11 is 0. The second-order valence-corrected chi connectivity index (χ2v) is 6.07. The first-order valence-corrected chi connectivity index (χ1v) is 8.48. The first kappa shape index (κ1) is 15.6. The van der Waals surface area contributed by atoms with E-state index in [-0.39, 0.29) is 5.88 Å². The van der Waals surface area contributed by atoms with Crippen molar-refractivity contribution >= 4 is 17.6 Å². The molecule has 2 aliphatic heterocycles. The third kappa shape index (κ3) is 3.33. The molecule has 0 atom stereocenters. The molecule has 130 valence electrons. The van der Waals surface area contributed by atoms with E-state index in [1.165, 1.54) is 6.33 Å². The van der Waals surface area contributed by atoms with Crippen LogP contribution in [0, 0.1) is 0 Å². The van der Waals surface area contributed by atoms with Gasteiger partial charge in [-0.25, -0.2) is 14.7 Å². The van der Waals surface area contributed by atoms with Crippen molar-refractivity contribution in [2.45, 2.75) is 25.7 Å². The maximum atomic E-state index is 12.0. The molecule has 4 heterocycles. The van der Waals surface area contributed by atoms with Crippen molar-refractivity contribution in [1.82, 2.24) is 19.9 Å². The van der Waals surface area contributed by atoms with Gasteiger partial charge in [-0.2, -0.15) is 4.98 Å². The van der Waals surface area contributed by atoms with Crippen molar-refractivity contribution in [3.05, 3.63) is 36.4 Å². The number of carbonyl (C=O) groups is 1. The number of pyridine rings is 1. The number of hydrogen-bond acceptors (Lipinski definition) is 7. The molecule has 2 aromatic heterocycles. The van der Waals surface area contributed by atoms with Gasteiger partial charge in [0.05, 0.1) is 11.4 Å². The Hall–Kier alpha value is -2.90. The molecule has 0 aliphatic carbocycles. The van der Waals surface area contributed by atoms with Gasteiger partial charge in [-0.15, -0.1) is 0 Å². The highest BCUT2D eigenvalue weighted by atomic mass is 17.2. The largest absolute Gasteiger partial charge is 0.452 e. The molecule has 2 aromatic rings. The van der Waals surface area contributed by atoms with E-state index in [0.717, 1.165) is 43.6 Å². The molecular weight excluding hydrogens is 322 g/mol. The molecule has 25 heavy (non-hydrogen) atoms. The van der Waals surface area contributed by atoms with E-state index in [1.54, 1.807) is 17.2 Å². The van der Waals surface area contributed by atoms with Gasteiger partial charge in [-0.05, 0) is 31.4 Å². The summed E-state index contributed by atoms with van der Waals surface area (Å²) in [6, 6.07) is 5.57. The number of rotatable bonds is 3. The van der Waals surface area contributed by atoms with Crippen LogP contribution in [0.4, 0.5) is 16.3 Å². The van der Waals surface area contributed by atoms with Crippen molar-refractivity contribution in [3.63, 3.8) is 0 Å². The summed E-state index contributed by atoms with van der Waals surface area (Å²) in [4.78, 5) is 38.4. The van der Waals surface area contributed by atoms with Gasteiger partial charge in [0.25, 0.3) is 5.88 Å². The molecule has 0 bridgehead atoms. The lowest BCUT2D eigenvalue weighted by molar-refractivity contribution is -0.158. The SMILES string of the molecule is O=C(OOc1cc(N2CCc3ncccc32)ncn1)N1CCCCC1. The summed E-state index contributed by atoms with van der Waals surface area (Å²) in [5, 5.41) is 0. The minimum atomic E-state index is -0.476. The Morgan fingerprint density at radius 2 is 1.96 bits per heavy atom. The van der Waals surface area contributed by atoms with E-state index in [9.17, 15) is 4.79 Å². The van der Waals surface area contributed by atoms with E-state index in [1.807, 2.05) is 17.0 Å². The zero-order valence-electron chi connectivity index (χ0n) is 13.8. The Balaban J connectivity index is 1.43. The molecule has 0 radical (unpaired) electrons. The lowest BCUT2D eigenvalue weighted by Gasteiger charge is -2.24. The predicted molar refractivity (Wildman–Crippen MR) is 89.5 cm³/mol. The van der Waals surface area contributed by atoms with Crippen molar-refractivity contribution in [2.24, 2.45) is 0 Å². The average Bonchev–Trinajstić information content (AvgIpc) is 3.11. The van der Waals surface area contributed by atoms with E-state index < -0.39 is 6.09 Å². The molecule has 1 amide bonds. The van der Waals surface area contributed by atoms with Crippen LogP contribution < -0.4 is 9.79 Å². The summed E-state index contributed by atoms with van der Waals surface area (Å²) < 4.78 is 0. The summed E-state index contributed by atoms with van der Waals surface area (Å²) in [5.41, 5.74) is 2.07. The monoisotopic (exact) mass is 341 g/mol. The van der Waals surface area contributed by atoms with Crippen LogP contribution in [0.3, 0.4) is 0 Å². The van der Waals surface area contributed by atoms with Crippen molar-refractivity contribution in [3.8, 4) is 5.88 Å². The number of likely N-dealkylation sites (tertiary alicyclic amines) is 1. The molecule has 1 saturated heterocycles. The van der Waals surface area contributed by atoms with Gasteiger partial charge >= 0.3 is 6.09 Å². The summed E-state index contributed by atoms with van der Waals surface area (Å²) in [5.74, 6) is 0.887. The molecule has 0 aromatic carbocycles. The van der Waals surface area contributed by atoms with Crippen molar-refractivity contribution < 1.29 is 14.6 Å². The number of nitrogens with zero attached hydrogens (tertiary/aromatic N) is 5. The Morgan fingerprint density at radius 3 is 2.84 bits per heavy atom. The highest BCUT2D eigenvalue weighted by molar-refractivity contribution is 5.67. The quantitative estimate of drug-likeness (QED) is 0.626. The molecule has 8 heteroatoms.